The standard InChI is InChI=1S/C23H17ClO3/c1-15-7-12-20-19(13-15)21(25)23(22(27-20)17-5-3-2-4-6-17)26-14-16-8-10-18(24)11-9-16/h2-13H,14H2,1H3. The first-order chi connectivity index (χ1) is 13.1. The normalized spacial score (nSPS) is 10.9. The Kier molecular flexibility index (Phi) is 4.69. The van der Waals surface area contributed by atoms with Crippen LogP contribution < -0.4 is 10.2 Å². The van der Waals surface area contributed by atoms with Crippen molar-refractivity contribution in [3.8, 4) is 17.1 Å². The molecule has 0 aliphatic rings. The molecule has 0 aliphatic heterocycles. The third-order valence-electron chi connectivity index (χ3n) is 4.34. The Labute approximate surface area is 161 Å². The molecule has 0 saturated heterocycles. The van der Waals surface area contributed by atoms with Gasteiger partial charge in [-0.05, 0) is 36.8 Å². The highest BCUT2D eigenvalue weighted by Crippen LogP contribution is 2.31. The van der Waals surface area contributed by atoms with E-state index >= 15 is 0 Å². The van der Waals surface area contributed by atoms with E-state index in [0.717, 1.165) is 16.7 Å². The van der Waals surface area contributed by atoms with Gasteiger partial charge in [-0.15, -0.1) is 0 Å². The van der Waals surface area contributed by atoms with Crippen LogP contribution in [-0.2, 0) is 6.61 Å². The average molecular weight is 377 g/mol. The van der Waals surface area contributed by atoms with Crippen molar-refractivity contribution in [2.45, 2.75) is 13.5 Å². The minimum atomic E-state index is -0.173. The van der Waals surface area contributed by atoms with Crippen molar-refractivity contribution in [1.29, 1.82) is 0 Å². The Bertz CT molecular complexity index is 1150. The second kappa shape index (κ2) is 7.29. The molecule has 4 aromatic rings. The van der Waals surface area contributed by atoms with Crippen LogP contribution in [0.2, 0.25) is 5.02 Å². The van der Waals surface area contributed by atoms with Gasteiger partial charge in [-0.25, -0.2) is 0 Å². The third kappa shape index (κ3) is 3.60. The van der Waals surface area contributed by atoms with E-state index in [-0.39, 0.29) is 17.8 Å². The molecular weight excluding hydrogens is 360 g/mol. The number of rotatable bonds is 4. The van der Waals surface area contributed by atoms with E-state index in [4.69, 9.17) is 20.8 Å². The van der Waals surface area contributed by atoms with Crippen molar-refractivity contribution in [2.24, 2.45) is 0 Å². The van der Waals surface area contributed by atoms with Crippen LogP contribution in [0.5, 0.6) is 5.75 Å². The number of hydrogen-bond donors (Lipinski definition) is 0. The Morgan fingerprint density at radius 2 is 1.70 bits per heavy atom. The highest BCUT2D eigenvalue weighted by atomic mass is 35.5. The van der Waals surface area contributed by atoms with Crippen molar-refractivity contribution in [1.82, 2.24) is 0 Å². The lowest BCUT2D eigenvalue weighted by atomic mass is 10.1. The molecular formula is C23H17ClO3. The van der Waals surface area contributed by atoms with E-state index in [1.807, 2.05) is 67.6 Å². The number of aryl methyl sites for hydroxylation is 1. The van der Waals surface area contributed by atoms with Gasteiger partial charge in [-0.1, -0.05) is 65.7 Å². The molecule has 3 aromatic carbocycles. The summed E-state index contributed by atoms with van der Waals surface area (Å²) < 4.78 is 12.0. The van der Waals surface area contributed by atoms with E-state index in [1.165, 1.54) is 0 Å². The summed E-state index contributed by atoms with van der Waals surface area (Å²) in [6.45, 7) is 2.19. The molecule has 0 bridgehead atoms. The lowest BCUT2D eigenvalue weighted by Crippen LogP contribution is -2.10. The summed E-state index contributed by atoms with van der Waals surface area (Å²) in [7, 11) is 0. The summed E-state index contributed by atoms with van der Waals surface area (Å²) in [5.41, 5.74) is 3.08. The van der Waals surface area contributed by atoms with Crippen molar-refractivity contribution in [3.05, 3.63) is 99.2 Å². The molecule has 1 heterocycles. The molecule has 0 radical (unpaired) electrons. The molecule has 4 rings (SSSR count). The summed E-state index contributed by atoms with van der Waals surface area (Å²) in [5.74, 6) is 0.653. The highest BCUT2D eigenvalue weighted by Gasteiger charge is 2.18. The van der Waals surface area contributed by atoms with Crippen LogP contribution in [0.15, 0.2) is 82.0 Å². The van der Waals surface area contributed by atoms with Gasteiger partial charge in [0.15, 0.2) is 5.76 Å². The molecule has 0 unspecified atom stereocenters. The fraction of sp³-hybridized carbons (Fsp3) is 0.0870. The predicted molar refractivity (Wildman–Crippen MR) is 108 cm³/mol. The number of hydrogen-bond acceptors (Lipinski definition) is 3. The van der Waals surface area contributed by atoms with Crippen LogP contribution in [0.25, 0.3) is 22.3 Å². The molecule has 0 aliphatic carbocycles. The van der Waals surface area contributed by atoms with Crippen LogP contribution >= 0.6 is 11.6 Å². The lowest BCUT2D eigenvalue weighted by molar-refractivity contribution is 0.298. The molecule has 0 fully saturated rings. The van der Waals surface area contributed by atoms with Gasteiger partial charge in [0.2, 0.25) is 11.2 Å². The maximum absolute atomic E-state index is 13.1. The van der Waals surface area contributed by atoms with E-state index in [2.05, 4.69) is 0 Å². The summed E-state index contributed by atoms with van der Waals surface area (Å²) in [6, 6.07) is 22.4. The summed E-state index contributed by atoms with van der Waals surface area (Å²) >= 11 is 5.93. The molecule has 1 aromatic heterocycles. The minimum Gasteiger partial charge on any atom is -0.481 e. The second-order valence-electron chi connectivity index (χ2n) is 6.37. The van der Waals surface area contributed by atoms with Gasteiger partial charge in [-0.3, -0.25) is 4.79 Å². The van der Waals surface area contributed by atoms with E-state index in [0.29, 0.717) is 21.8 Å². The predicted octanol–water partition coefficient (Wildman–Crippen LogP) is 6.00. The molecule has 0 atom stereocenters. The van der Waals surface area contributed by atoms with Gasteiger partial charge < -0.3 is 9.15 Å². The number of halogens is 1. The van der Waals surface area contributed by atoms with Crippen molar-refractivity contribution >= 4 is 22.6 Å². The maximum atomic E-state index is 13.1. The summed E-state index contributed by atoms with van der Waals surface area (Å²) in [6.07, 6.45) is 0. The third-order valence-corrected chi connectivity index (χ3v) is 4.59. The monoisotopic (exact) mass is 376 g/mol. The molecule has 0 spiro atoms. The van der Waals surface area contributed by atoms with Crippen molar-refractivity contribution < 1.29 is 9.15 Å². The van der Waals surface area contributed by atoms with Gasteiger partial charge in [-0.2, -0.15) is 0 Å². The van der Waals surface area contributed by atoms with E-state index in [1.54, 1.807) is 12.1 Å². The zero-order valence-electron chi connectivity index (χ0n) is 14.7. The van der Waals surface area contributed by atoms with E-state index < -0.39 is 0 Å². The summed E-state index contributed by atoms with van der Waals surface area (Å²) in [4.78, 5) is 13.1. The number of fused-ring (bicyclic) bond motifs is 1. The van der Waals surface area contributed by atoms with Crippen LogP contribution in [0.1, 0.15) is 11.1 Å². The second-order valence-corrected chi connectivity index (χ2v) is 6.81. The SMILES string of the molecule is Cc1ccc2oc(-c3ccccc3)c(OCc3ccc(Cl)cc3)c(=O)c2c1. The number of ether oxygens (including phenoxy) is 1. The molecule has 3 nitrogen and oxygen atoms in total. The minimum absolute atomic E-state index is 0.173. The summed E-state index contributed by atoms with van der Waals surface area (Å²) in [5, 5.41) is 1.17. The molecule has 0 N–H and O–H groups in total. The van der Waals surface area contributed by atoms with Crippen LogP contribution in [-0.4, -0.2) is 0 Å². The molecule has 0 amide bonds. The zero-order chi connectivity index (χ0) is 18.8. The molecule has 4 heteroatoms. The molecule has 0 saturated carbocycles. The van der Waals surface area contributed by atoms with Gasteiger partial charge in [0, 0.05) is 10.6 Å². The van der Waals surface area contributed by atoms with Gasteiger partial charge in [0.05, 0.1) is 5.39 Å². The van der Waals surface area contributed by atoms with Crippen molar-refractivity contribution in [3.63, 3.8) is 0 Å². The van der Waals surface area contributed by atoms with Gasteiger partial charge >= 0.3 is 0 Å². The van der Waals surface area contributed by atoms with Crippen LogP contribution in [0, 0.1) is 6.92 Å². The topological polar surface area (TPSA) is 39.4 Å². The first kappa shape index (κ1) is 17.4. The zero-order valence-corrected chi connectivity index (χ0v) is 15.5. The first-order valence-electron chi connectivity index (χ1n) is 8.62. The first-order valence-corrected chi connectivity index (χ1v) is 9.00. The Morgan fingerprint density at radius 3 is 2.44 bits per heavy atom. The Hall–Kier alpha value is -3.04. The highest BCUT2D eigenvalue weighted by molar-refractivity contribution is 6.30. The fourth-order valence-corrected chi connectivity index (χ4v) is 3.06. The molecule has 27 heavy (non-hydrogen) atoms. The van der Waals surface area contributed by atoms with Crippen LogP contribution in [0.4, 0.5) is 0 Å². The number of benzene rings is 3. The van der Waals surface area contributed by atoms with E-state index in [9.17, 15) is 4.79 Å². The Morgan fingerprint density at radius 1 is 0.963 bits per heavy atom. The van der Waals surface area contributed by atoms with Gasteiger partial charge in [0.1, 0.15) is 12.2 Å². The maximum Gasteiger partial charge on any atom is 0.235 e. The van der Waals surface area contributed by atoms with Crippen molar-refractivity contribution in [2.75, 3.05) is 0 Å². The lowest BCUT2D eigenvalue weighted by Gasteiger charge is -2.12. The fourth-order valence-electron chi connectivity index (χ4n) is 2.94. The quantitative estimate of drug-likeness (QED) is 0.438. The Balaban J connectivity index is 1.84. The smallest absolute Gasteiger partial charge is 0.235 e. The average Bonchev–Trinajstić information content (AvgIpc) is 2.69. The molecule has 134 valence electrons. The largest absolute Gasteiger partial charge is 0.481 e. The van der Waals surface area contributed by atoms with Gasteiger partial charge in [0.25, 0.3) is 0 Å². The van der Waals surface area contributed by atoms with Crippen LogP contribution in [0.3, 0.4) is 0 Å².